The Balaban J connectivity index is 1.53. The first kappa shape index (κ1) is 28.8. The topological polar surface area (TPSA) is 115 Å². The molecule has 0 aliphatic rings. The van der Waals surface area contributed by atoms with Crippen LogP contribution in [0, 0.1) is 0 Å². The van der Waals surface area contributed by atoms with Crippen molar-refractivity contribution in [3.63, 3.8) is 0 Å². The van der Waals surface area contributed by atoms with Crippen molar-refractivity contribution in [2.24, 2.45) is 0 Å². The number of para-hydroxylation sites is 1. The van der Waals surface area contributed by atoms with Crippen molar-refractivity contribution in [2.75, 3.05) is 20.3 Å². The molecule has 0 spiro atoms. The Morgan fingerprint density at radius 1 is 0.895 bits per heavy atom. The number of thioether (sulfide) groups is 1. The van der Waals surface area contributed by atoms with Crippen LogP contribution >= 0.6 is 11.8 Å². The number of carboxylic acid groups (broad SMARTS) is 2. The van der Waals surface area contributed by atoms with Crippen LogP contribution in [0.3, 0.4) is 0 Å². The lowest BCUT2D eigenvalue weighted by molar-refractivity contribution is -0.137. The van der Waals surface area contributed by atoms with Crippen LogP contribution in [0.2, 0.25) is 0 Å². The summed E-state index contributed by atoms with van der Waals surface area (Å²) in [6.07, 6.45) is 5.34. The number of nitrogens with zero attached hydrogens (tertiary/aromatic N) is 1. The van der Waals surface area contributed by atoms with E-state index < -0.39 is 17.2 Å². The molecule has 1 heterocycles. The van der Waals surface area contributed by atoms with Gasteiger partial charge in [-0.05, 0) is 62.1 Å². The van der Waals surface area contributed by atoms with Gasteiger partial charge in [-0.15, -0.1) is 11.8 Å². The zero-order valence-corrected chi connectivity index (χ0v) is 22.2. The molecule has 3 rings (SSSR count). The van der Waals surface area contributed by atoms with Gasteiger partial charge in [0.25, 0.3) is 0 Å². The predicted octanol–water partition coefficient (Wildman–Crippen LogP) is 6.26. The van der Waals surface area contributed by atoms with E-state index in [0.717, 1.165) is 37.0 Å². The number of carboxylic acids is 2. The van der Waals surface area contributed by atoms with E-state index in [-0.39, 0.29) is 12.0 Å². The van der Waals surface area contributed by atoms with Gasteiger partial charge in [-0.2, -0.15) is 0 Å². The molecule has 0 saturated carbocycles. The van der Waals surface area contributed by atoms with Crippen molar-refractivity contribution in [2.45, 2.75) is 43.1 Å². The summed E-state index contributed by atoms with van der Waals surface area (Å²) in [5.74, 6) is 0.337. The average molecular weight is 540 g/mol. The number of aromatic carboxylic acids is 1. The van der Waals surface area contributed by atoms with Gasteiger partial charge in [0, 0.05) is 17.5 Å². The van der Waals surface area contributed by atoms with E-state index in [2.05, 4.69) is 4.98 Å². The van der Waals surface area contributed by atoms with E-state index in [1.807, 2.05) is 36.4 Å². The Hall–Kier alpha value is -3.72. The molecule has 0 saturated heterocycles. The fourth-order valence-corrected chi connectivity index (χ4v) is 5.01. The predicted molar refractivity (Wildman–Crippen MR) is 146 cm³/mol. The van der Waals surface area contributed by atoms with E-state index in [1.54, 1.807) is 18.3 Å². The van der Waals surface area contributed by atoms with Crippen LogP contribution < -0.4 is 14.2 Å². The number of rotatable bonds is 17. The molecule has 2 N–H and O–H groups in total. The third-order valence-electron chi connectivity index (χ3n) is 5.75. The smallest absolute Gasteiger partial charge is 0.335 e. The summed E-state index contributed by atoms with van der Waals surface area (Å²) in [7, 11) is 1.48. The van der Waals surface area contributed by atoms with Gasteiger partial charge in [-0.25, -0.2) is 4.79 Å². The Kier molecular flexibility index (Phi) is 11.8. The zero-order chi connectivity index (χ0) is 27.2. The first-order valence-corrected chi connectivity index (χ1v) is 13.5. The number of ether oxygens (including phenoxy) is 3. The van der Waals surface area contributed by atoms with Crippen LogP contribution in [-0.4, -0.2) is 47.5 Å². The summed E-state index contributed by atoms with van der Waals surface area (Å²) in [6, 6.07) is 18.0. The van der Waals surface area contributed by atoms with Gasteiger partial charge in [0.15, 0.2) is 0 Å². The van der Waals surface area contributed by atoms with E-state index >= 15 is 0 Å². The molecule has 0 bridgehead atoms. The second-order valence-corrected chi connectivity index (χ2v) is 9.73. The fraction of sp³-hybridized carbons (Fsp3) is 0.345. The maximum absolute atomic E-state index is 11.6. The molecule has 0 aliphatic carbocycles. The van der Waals surface area contributed by atoms with E-state index in [9.17, 15) is 19.8 Å². The largest absolute Gasteiger partial charge is 0.496 e. The zero-order valence-electron chi connectivity index (χ0n) is 21.4. The highest BCUT2D eigenvalue weighted by Gasteiger charge is 2.22. The van der Waals surface area contributed by atoms with Gasteiger partial charge in [0.05, 0.1) is 43.3 Å². The lowest BCUT2D eigenvalue weighted by Gasteiger charge is -2.19. The minimum atomic E-state index is -1.04. The summed E-state index contributed by atoms with van der Waals surface area (Å²) >= 11 is 1.40. The molecule has 1 aromatic heterocycles. The van der Waals surface area contributed by atoms with Crippen LogP contribution in [0.15, 0.2) is 66.9 Å². The van der Waals surface area contributed by atoms with Crippen molar-refractivity contribution in [3.8, 4) is 17.2 Å². The lowest BCUT2D eigenvalue weighted by atomic mass is 10.1. The summed E-state index contributed by atoms with van der Waals surface area (Å²) in [5.41, 5.74) is 1.48. The Morgan fingerprint density at radius 2 is 1.63 bits per heavy atom. The molecule has 0 aliphatic heterocycles. The van der Waals surface area contributed by atoms with Crippen LogP contribution in [0.25, 0.3) is 0 Å². The molecule has 1 atom stereocenters. The molecule has 0 radical (unpaired) electrons. The monoisotopic (exact) mass is 539 g/mol. The molecule has 202 valence electrons. The SMILES string of the molecule is COc1cc(C(=O)O)ccc1CSC(CC(=O)O)c1ncccc1OCCCCCCOc1ccccc1. The highest BCUT2D eigenvalue weighted by Crippen LogP contribution is 2.39. The minimum Gasteiger partial charge on any atom is -0.496 e. The Labute approximate surface area is 227 Å². The van der Waals surface area contributed by atoms with Crippen molar-refractivity contribution >= 4 is 23.7 Å². The van der Waals surface area contributed by atoms with Gasteiger partial charge in [0.2, 0.25) is 0 Å². The number of aliphatic carboxylic acids is 1. The van der Waals surface area contributed by atoms with Crippen molar-refractivity contribution in [1.29, 1.82) is 0 Å². The number of methoxy groups -OCH3 is 1. The highest BCUT2D eigenvalue weighted by atomic mass is 32.2. The standard InChI is InChI=1S/C29H33NO7S/c1-35-25-18-21(29(33)34)13-14-22(25)20-38-26(19-27(31)32)28-24(12-9-15-30-28)37-17-8-3-2-7-16-36-23-10-5-4-6-11-23/h4-6,9-15,18,26H,2-3,7-8,16-17,19-20H2,1H3,(H,31,32)(H,33,34). The summed E-state index contributed by atoms with van der Waals surface area (Å²) in [4.78, 5) is 27.4. The van der Waals surface area contributed by atoms with Gasteiger partial charge in [-0.1, -0.05) is 24.3 Å². The third-order valence-corrected chi connectivity index (χ3v) is 7.02. The summed E-state index contributed by atoms with van der Waals surface area (Å²) in [6.45, 7) is 1.18. The summed E-state index contributed by atoms with van der Waals surface area (Å²) in [5, 5.41) is 18.3. The molecular weight excluding hydrogens is 506 g/mol. The van der Waals surface area contributed by atoms with Gasteiger partial charge < -0.3 is 24.4 Å². The molecule has 0 amide bonds. The Bertz CT molecular complexity index is 1170. The van der Waals surface area contributed by atoms with Crippen LogP contribution in [0.4, 0.5) is 0 Å². The molecular formula is C29H33NO7S. The number of carbonyl (C=O) groups is 2. The van der Waals surface area contributed by atoms with Crippen molar-refractivity contribution < 1.29 is 34.0 Å². The lowest BCUT2D eigenvalue weighted by Crippen LogP contribution is -2.09. The van der Waals surface area contributed by atoms with Crippen LogP contribution in [-0.2, 0) is 10.5 Å². The van der Waals surface area contributed by atoms with Crippen LogP contribution in [0.1, 0.15) is 59.0 Å². The summed E-state index contributed by atoms with van der Waals surface area (Å²) < 4.78 is 17.1. The number of benzene rings is 2. The molecule has 38 heavy (non-hydrogen) atoms. The van der Waals surface area contributed by atoms with Crippen molar-refractivity contribution in [3.05, 3.63) is 83.7 Å². The molecule has 1 unspecified atom stereocenters. The number of hydrogen-bond donors (Lipinski definition) is 2. The van der Waals surface area contributed by atoms with Gasteiger partial charge >= 0.3 is 11.9 Å². The number of aromatic nitrogens is 1. The fourth-order valence-electron chi connectivity index (χ4n) is 3.79. The number of pyridine rings is 1. The van der Waals surface area contributed by atoms with E-state index in [0.29, 0.717) is 36.2 Å². The van der Waals surface area contributed by atoms with Crippen LogP contribution in [0.5, 0.6) is 17.2 Å². The maximum Gasteiger partial charge on any atom is 0.335 e. The molecule has 9 heteroatoms. The van der Waals surface area contributed by atoms with Crippen molar-refractivity contribution in [1.82, 2.24) is 4.98 Å². The number of hydrogen-bond acceptors (Lipinski definition) is 7. The number of unbranched alkanes of at least 4 members (excludes halogenated alkanes) is 3. The van der Waals surface area contributed by atoms with Gasteiger partial charge in [-0.3, -0.25) is 9.78 Å². The normalized spacial score (nSPS) is 11.5. The third kappa shape index (κ3) is 9.30. The second kappa shape index (κ2) is 15.5. The molecule has 3 aromatic rings. The first-order valence-electron chi connectivity index (χ1n) is 12.5. The second-order valence-electron chi connectivity index (χ2n) is 8.54. The minimum absolute atomic E-state index is 0.127. The molecule has 0 fully saturated rings. The van der Waals surface area contributed by atoms with Gasteiger partial charge in [0.1, 0.15) is 17.2 Å². The Morgan fingerprint density at radius 3 is 2.32 bits per heavy atom. The molecule has 2 aromatic carbocycles. The first-order chi connectivity index (χ1) is 18.5. The van der Waals surface area contributed by atoms with E-state index in [1.165, 1.54) is 31.0 Å². The maximum atomic E-state index is 11.6. The van der Waals surface area contributed by atoms with E-state index in [4.69, 9.17) is 14.2 Å². The quantitative estimate of drug-likeness (QED) is 0.192. The highest BCUT2D eigenvalue weighted by molar-refractivity contribution is 7.98. The average Bonchev–Trinajstić information content (AvgIpc) is 2.93. The molecule has 8 nitrogen and oxygen atoms in total.